The highest BCUT2D eigenvalue weighted by atomic mass is 19.4. The topological polar surface area (TPSA) is 81.2 Å². The van der Waals surface area contributed by atoms with Gasteiger partial charge in [0, 0.05) is 6.42 Å². The van der Waals surface area contributed by atoms with Crippen LogP contribution in [0.5, 0.6) is 0 Å². The van der Waals surface area contributed by atoms with Crippen LogP contribution in [0.2, 0.25) is 0 Å². The van der Waals surface area contributed by atoms with Gasteiger partial charge < -0.3 is 5.11 Å². The van der Waals surface area contributed by atoms with Gasteiger partial charge in [0.1, 0.15) is 12.4 Å². The highest BCUT2D eigenvalue weighted by Crippen LogP contribution is 2.32. The maximum Gasteiger partial charge on any atom is 0.416 e. The fourth-order valence-corrected chi connectivity index (χ4v) is 2.06. The van der Waals surface area contributed by atoms with Crippen molar-refractivity contribution in [2.24, 2.45) is 0 Å². The van der Waals surface area contributed by atoms with E-state index in [0.29, 0.717) is 0 Å². The molecule has 0 aliphatic carbocycles. The van der Waals surface area contributed by atoms with E-state index < -0.39 is 22.8 Å². The number of halogens is 3. The molecule has 6 nitrogen and oxygen atoms in total. The van der Waals surface area contributed by atoms with Gasteiger partial charge in [0.2, 0.25) is 0 Å². The number of nitro groups is 1. The molecule has 22 heavy (non-hydrogen) atoms. The molecule has 0 aliphatic rings. The zero-order chi connectivity index (χ0) is 16.3. The summed E-state index contributed by atoms with van der Waals surface area (Å²) in [6.45, 7) is -0.139. The lowest BCUT2D eigenvalue weighted by Gasteiger charge is -2.15. The van der Waals surface area contributed by atoms with Crippen LogP contribution in [0.1, 0.15) is 11.1 Å². The fourth-order valence-electron chi connectivity index (χ4n) is 2.06. The summed E-state index contributed by atoms with van der Waals surface area (Å²) in [5, 5.41) is 24.1. The van der Waals surface area contributed by atoms with Crippen molar-refractivity contribution in [3.8, 4) is 0 Å². The van der Waals surface area contributed by atoms with Crippen LogP contribution < -0.4 is 0 Å². The lowest BCUT2D eigenvalue weighted by Crippen LogP contribution is -2.21. The molecule has 1 atom stereocenters. The molecule has 0 radical (unpaired) electrons. The van der Waals surface area contributed by atoms with Gasteiger partial charge in [-0.05, 0) is 11.6 Å². The van der Waals surface area contributed by atoms with Crippen molar-refractivity contribution in [3.63, 3.8) is 0 Å². The third kappa shape index (κ3) is 3.82. The number of alkyl halides is 3. The Bertz CT molecular complexity index is 670. The van der Waals surface area contributed by atoms with E-state index in [4.69, 9.17) is 0 Å². The molecular formula is C13H12F3N3O3. The lowest BCUT2D eigenvalue weighted by atomic mass is 10.0. The van der Waals surface area contributed by atoms with Gasteiger partial charge in [-0.25, -0.2) is 0 Å². The minimum Gasteiger partial charge on any atom is -0.391 e. The molecule has 0 amide bonds. The molecule has 1 heterocycles. The minimum absolute atomic E-state index is 0.0378. The van der Waals surface area contributed by atoms with E-state index in [1.165, 1.54) is 18.2 Å². The first-order valence-corrected chi connectivity index (χ1v) is 6.27. The SMILES string of the molecule is O=[N+]([O-])c1cnn(CC(O)Cc2ccccc2C(F)(F)F)c1. The van der Waals surface area contributed by atoms with Crippen molar-refractivity contribution >= 4 is 5.69 Å². The number of hydrogen-bond acceptors (Lipinski definition) is 4. The van der Waals surface area contributed by atoms with Gasteiger partial charge in [-0.3, -0.25) is 14.8 Å². The number of hydrogen-bond donors (Lipinski definition) is 1. The second kappa shape index (κ2) is 6.14. The molecule has 1 N–H and O–H groups in total. The van der Waals surface area contributed by atoms with Crippen molar-refractivity contribution in [2.45, 2.75) is 25.2 Å². The van der Waals surface area contributed by atoms with Crippen LogP contribution in [-0.2, 0) is 19.1 Å². The number of aromatic nitrogens is 2. The normalized spacial score (nSPS) is 13.1. The summed E-state index contributed by atoms with van der Waals surface area (Å²) < 4.78 is 39.7. The predicted molar refractivity (Wildman–Crippen MR) is 70.0 cm³/mol. The predicted octanol–water partition coefficient (Wildman–Crippen LogP) is 2.41. The molecule has 1 unspecified atom stereocenters. The van der Waals surface area contributed by atoms with Gasteiger partial charge in [0.25, 0.3) is 0 Å². The van der Waals surface area contributed by atoms with E-state index in [0.717, 1.165) is 23.1 Å². The van der Waals surface area contributed by atoms with Gasteiger partial charge in [0.15, 0.2) is 0 Å². The third-order valence-corrected chi connectivity index (χ3v) is 3.01. The number of benzene rings is 1. The second-order valence-electron chi connectivity index (χ2n) is 4.69. The van der Waals surface area contributed by atoms with E-state index >= 15 is 0 Å². The van der Waals surface area contributed by atoms with E-state index in [-0.39, 0.29) is 24.2 Å². The van der Waals surface area contributed by atoms with Crippen LogP contribution >= 0.6 is 0 Å². The van der Waals surface area contributed by atoms with Crippen LogP contribution in [-0.4, -0.2) is 25.9 Å². The number of aliphatic hydroxyl groups is 1. The lowest BCUT2D eigenvalue weighted by molar-refractivity contribution is -0.385. The molecule has 0 bridgehead atoms. The van der Waals surface area contributed by atoms with Crippen molar-refractivity contribution in [2.75, 3.05) is 0 Å². The minimum atomic E-state index is -4.50. The monoisotopic (exact) mass is 315 g/mol. The van der Waals surface area contributed by atoms with Crippen LogP contribution in [0, 0.1) is 10.1 Å². The summed E-state index contributed by atoms with van der Waals surface area (Å²) in [5.41, 5.74) is -1.09. The Hall–Kier alpha value is -2.42. The van der Waals surface area contributed by atoms with Crippen LogP contribution in [0.15, 0.2) is 36.7 Å². The van der Waals surface area contributed by atoms with Gasteiger partial charge in [0.05, 0.1) is 23.1 Å². The van der Waals surface area contributed by atoms with Gasteiger partial charge >= 0.3 is 11.9 Å². The second-order valence-corrected chi connectivity index (χ2v) is 4.69. The zero-order valence-electron chi connectivity index (χ0n) is 11.2. The summed E-state index contributed by atoms with van der Waals surface area (Å²) in [6, 6.07) is 4.96. The molecular weight excluding hydrogens is 303 g/mol. The molecule has 2 aromatic rings. The van der Waals surface area contributed by atoms with Gasteiger partial charge in [-0.1, -0.05) is 18.2 Å². The largest absolute Gasteiger partial charge is 0.416 e. The highest BCUT2D eigenvalue weighted by Gasteiger charge is 2.33. The van der Waals surface area contributed by atoms with E-state index in [1.807, 2.05) is 0 Å². The smallest absolute Gasteiger partial charge is 0.391 e. The molecule has 9 heteroatoms. The van der Waals surface area contributed by atoms with E-state index in [1.54, 1.807) is 0 Å². The molecule has 0 fully saturated rings. The molecule has 0 spiro atoms. The summed E-state index contributed by atoms with van der Waals surface area (Å²) in [5.74, 6) is 0. The maximum atomic E-state index is 12.8. The Morgan fingerprint density at radius 1 is 1.36 bits per heavy atom. The Kier molecular flexibility index (Phi) is 4.45. The van der Waals surface area contributed by atoms with E-state index in [9.17, 15) is 28.4 Å². The van der Waals surface area contributed by atoms with E-state index in [2.05, 4.69) is 5.10 Å². The standard InChI is InChI=1S/C13H12F3N3O3/c14-13(15,16)12-4-2-1-3-9(12)5-11(20)8-18-7-10(6-17-18)19(21)22/h1-4,6-7,11,20H,5,8H2. The quantitative estimate of drug-likeness (QED) is 0.678. The summed E-state index contributed by atoms with van der Waals surface area (Å²) in [6.07, 6.45) is -3.76. The van der Waals surface area contributed by atoms with Crippen LogP contribution in [0.4, 0.5) is 18.9 Å². The fraction of sp³-hybridized carbons (Fsp3) is 0.308. The summed E-state index contributed by atoms with van der Waals surface area (Å²) >= 11 is 0. The molecule has 118 valence electrons. The average molecular weight is 315 g/mol. The molecule has 0 aliphatic heterocycles. The van der Waals surface area contributed by atoms with Crippen LogP contribution in [0.3, 0.4) is 0 Å². The van der Waals surface area contributed by atoms with Gasteiger partial charge in [-0.2, -0.15) is 18.3 Å². The molecule has 1 aromatic heterocycles. The van der Waals surface area contributed by atoms with Crippen molar-refractivity contribution in [1.82, 2.24) is 9.78 Å². The van der Waals surface area contributed by atoms with Crippen molar-refractivity contribution in [3.05, 3.63) is 57.9 Å². The maximum absolute atomic E-state index is 12.8. The number of rotatable bonds is 5. The molecule has 2 rings (SSSR count). The Morgan fingerprint density at radius 2 is 2.05 bits per heavy atom. The first-order valence-electron chi connectivity index (χ1n) is 6.27. The Morgan fingerprint density at radius 3 is 2.64 bits per heavy atom. The first-order chi connectivity index (χ1) is 10.3. The molecule has 1 aromatic carbocycles. The highest BCUT2D eigenvalue weighted by molar-refractivity contribution is 5.30. The zero-order valence-corrected chi connectivity index (χ0v) is 11.2. The number of nitrogens with zero attached hydrogens (tertiary/aromatic N) is 3. The van der Waals surface area contributed by atoms with Crippen molar-refractivity contribution < 1.29 is 23.2 Å². The third-order valence-electron chi connectivity index (χ3n) is 3.01. The van der Waals surface area contributed by atoms with Crippen LogP contribution in [0.25, 0.3) is 0 Å². The Labute approximate surface area is 122 Å². The average Bonchev–Trinajstić information content (AvgIpc) is 2.86. The summed E-state index contributed by atoms with van der Waals surface area (Å²) in [7, 11) is 0. The summed E-state index contributed by atoms with van der Waals surface area (Å²) in [4.78, 5) is 9.87. The molecule has 0 saturated heterocycles. The van der Waals surface area contributed by atoms with Crippen molar-refractivity contribution in [1.29, 1.82) is 0 Å². The molecule has 0 saturated carbocycles. The van der Waals surface area contributed by atoms with Gasteiger partial charge in [-0.15, -0.1) is 0 Å². The number of aliphatic hydroxyl groups excluding tert-OH is 1. The Balaban J connectivity index is 2.09. The first kappa shape index (κ1) is 16.0.